The minimum absolute atomic E-state index is 0.427. The standard InChI is InChI=1S/C8H12O3/c1-3-8(4-2)6-10-7(5-9)11-8/h3,5,7H,1,4,6H2,2H3. The average molecular weight is 156 g/mol. The van der Waals surface area contributed by atoms with Gasteiger partial charge in [-0.25, -0.2) is 0 Å². The van der Waals surface area contributed by atoms with Crippen molar-refractivity contribution in [2.24, 2.45) is 0 Å². The first-order valence-electron chi connectivity index (χ1n) is 3.64. The second-order valence-corrected chi connectivity index (χ2v) is 2.56. The molecule has 2 unspecified atom stereocenters. The summed E-state index contributed by atoms with van der Waals surface area (Å²) in [6, 6.07) is 0. The van der Waals surface area contributed by atoms with Crippen molar-refractivity contribution < 1.29 is 14.3 Å². The molecule has 0 spiro atoms. The molecule has 1 fully saturated rings. The van der Waals surface area contributed by atoms with Crippen LogP contribution in [0.5, 0.6) is 0 Å². The molecular formula is C8H12O3. The zero-order valence-corrected chi connectivity index (χ0v) is 6.58. The number of carbonyl (C=O) groups is 1. The van der Waals surface area contributed by atoms with Gasteiger partial charge >= 0.3 is 0 Å². The van der Waals surface area contributed by atoms with Crippen molar-refractivity contribution in [2.45, 2.75) is 25.2 Å². The molecule has 1 saturated heterocycles. The van der Waals surface area contributed by atoms with E-state index in [-0.39, 0.29) is 0 Å². The number of hydrogen-bond acceptors (Lipinski definition) is 3. The highest BCUT2D eigenvalue weighted by Crippen LogP contribution is 2.26. The van der Waals surface area contributed by atoms with E-state index in [2.05, 4.69) is 6.58 Å². The Morgan fingerprint density at radius 3 is 2.82 bits per heavy atom. The third kappa shape index (κ3) is 1.49. The van der Waals surface area contributed by atoms with Crippen LogP contribution in [0.25, 0.3) is 0 Å². The lowest BCUT2D eigenvalue weighted by atomic mass is 10.0. The lowest BCUT2D eigenvalue weighted by molar-refractivity contribution is -0.135. The van der Waals surface area contributed by atoms with Gasteiger partial charge in [-0.2, -0.15) is 0 Å². The topological polar surface area (TPSA) is 35.5 Å². The van der Waals surface area contributed by atoms with E-state index in [1.807, 2.05) is 6.92 Å². The van der Waals surface area contributed by atoms with E-state index < -0.39 is 11.9 Å². The summed E-state index contributed by atoms with van der Waals surface area (Å²) in [5.41, 5.74) is -0.439. The zero-order chi connectivity index (χ0) is 8.32. The van der Waals surface area contributed by atoms with Crippen LogP contribution in [0.15, 0.2) is 12.7 Å². The summed E-state index contributed by atoms with van der Waals surface area (Å²) in [7, 11) is 0. The van der Waals surface area contributed by atoms with E-state index in [1.165, 1.54) is 0 Å². The van der Waals surface area contributed by atoms with Crippen LogP contribution in [-0.4, -0.2) is 24.8 Å². The van der Waals surface area contributed by atoms with Crippen LogP contribution in [0.2, 0.25) is 0 Å². The molecule has 1 heterocycles. The molecule has 2 atom stereocenters. The summed E-state index contributed by atoms with van der Waals surface area (Å²) >= 11 is 0. The molecule has 1 aliphatic rings. The molecule has 3 heteroatoms. The SMILES string of the molecule is C=CC1(CC)COC(C=O)O1. The van der Waals surface area contributed by atoms with E-state index in [9.17, 15) is 4.79 Å². The molecule has 1 aliphatic heterocycles. The Bertz CT molecular complexity index is 167. The molecule has 11 heavy (non-hydrogen) atoms. The minimum atomic E-state index is -0.701. The maximum Gasteiger partial charge on any atom is 0.215 e. The zero-order valence-electron chi connectivity index (χ0n) is 6.58. The Morgan fingerprint density at radius 2 is 2.55 bits per heavy atom. The Labute approximate surface area is 66.0 Å². The number of aldehydes is 1. The molecular weight excluding hydrogens is 144 g/mol. The van der Waals surface area contributed by atoms with Crippen LogP contribution < -0.4 is 0 Å². The summed E-state index contributed by atoms with van der Waals surface area (Å²) in [6.07, 6.45) is 2.42. The first-order chi connectivity index (χ1) is 5.26. The van der Waals surface area contributed by atoms with Crippen LogP contribution in [0.3, 0.4) is 0 Å². The summed E-state index contributed by atoms with van der Waals surface area (Å²) in [6.45, 7) is 6.03. The summed E-state index contributed by atoms with van der Waals surface area (Å²) in [4.78, 5) is 10.2. The molecule has 0 N–H and O–H groups in total. The minimum Gasteiger partial charge on any atom is -0.343 e. The Morgan fingerprint density at radius 1 is 1.82 bits per heavy atom. The summed E-state index contributed by atoms with van der Waals surface area (Å²) in [5.74, 6) is 0. The van der Waals surface area contributed by atoms with E-state index in [1.54, 1.807) is 6.08 Å². The third-order valence-corrected chi connectivity index (χ3v) is 1.92. The molecule has 0 aromatic rings. The van der Waals surface area contributed by atoms with Gasteiger partial charge < -0.3 is 9.47 Å². The van der Waals surface area contributed by atoms with Crippen molar-refractivity contribution in [1.82, 2.24) is 0 Å². The average Bonchev–Trinajstić information content (AvgIpc) is 2.49. The Kier molecular flexibility index (Phi) is 2.42. The van der Waals surface area contributed by atoms with Crippen molar-refractivity contribution >= 4 is 6.29 Å². The second-order valence-electron chi connectivity index (χ2n) is 2.56. The first kappa shape index (κ1) is 8.43. The predicted octanol–water partition coefficient (Wildman–Crippen LogP) is 0.893. The highest BCUT2D eigenvalue weighted by atomic mass is 16.7. The van der Waals surface area contributed by atoms with Gasteiger partial charge in [0.15, 0.2) is 6.29 Å². The van der Waals surface area contributed by atoms with Crippen LogP contribution in [0.1, 0.15) is 13.3 Å². The largest absolute Gasteiger partial charge is 0.343 e. The van der Waals surface area contributed by atoms with Crippen molar-refractivity contribution in [1.29, 1.82) is 0 Å². The van der Waals surface area contributed by atoms with Gasteiger partial charge in [-0.3, -0.25) is 4.79 Å². The van der Waals surface area contributed by atoms with E-state index in [0.717, 1.165) is 6.42 Å². The highest BCUT2D eigenvalue weighted by molar-refractivity contribution is 5.54. The van der Waals surface area contributed by atoms with Crippen molar-refractivity contribution in [3.05, 3.63) is 12.7 Å². The third-order valence-electron chi connectivity index (χ3n) is 1.92. The number of ether oxygens (including phenoxy) is 2. The number of rotatable bonds is 3. The summed E-state index contributed by atoms with van der Waals surface area (Å²) in [5, 5.41) is 0. The van der Waals surface area contributed by atoms with Crippen LogP contribution in [-0.2, 0) is 14.3 Å². The van der Waals surface area contributed by atoms with E-state index >= 15 is 0 Å². The molecule has 1 rings (SSSR count). The molecule has 0 aliphatic carbocycles. The van der Waals surface area contributed by atoms with Crippen LogP contribution >= 0.6 is 0 Å². The predicted molar refractivity (Wildman–Crippen MR) is 40.1 cm³/mol. The second kappa shape index (κ2) is 3.15. The fourth-order valence-electron chi connectivity index (χ4n) is 1.03. The smallest absolute Gasteiger partial charge is 0.215 e. The van der Waals surface area contributed by atoms with Crippen molar-refractivity contribution in [2.75, 3.05) is 6.61 Å². The quantitative estimate of drug-likeness (QED) is 0.449. The van der Waals surface area contributed by atoms with Gasteiger partial charge in [-0.05, 0) is 6.42 Å². The molecule has 0 radical (unpaired) electrons. The van der Waals surface area contributed by atoms with E-state index in [0.29, 0.717) is 12.9 Å². The maximum atomic E-state index is 10.2. The van der Waals surface area contributed by atoms with Gasteiger partial charge in [-0.15, -0.1) is 6.58 Å². The van der Waals surface area contributed by atoms with Crippen LogP contribution in [0, 0.1) is 0 Å². The maximum absolute atomic E-state index is 10.2. The number of carbonyl (C=O) groups excluding carboxylic acids is 1. The molecule has 62 valence electrons. The van der Waals surface area contributed by atoms with Crippen molar-refractivity contribution in [3.63, 3.8) is 0 Å². The van der Waals surface area contributed by atoms with Crippen LogP contribution in [0.4, 0.5) is 0 Å². The Balaban J connectivity index is 2.61. The van der Waals surface area contributed by atoms with Gasteiger partial charge in [0.1, 0.15) is 5.60 Å². The number of hydrogen-bond donors (Lipinski definition) is 0. The van der Waals surface area contributed by atoms with Gasteiger partial charge in [0.25, 0.3) is 0 Å². The lowest BCUT2D eigenvalue weighted by Crippen LogP contribution is -2.28. The molecule has 0 saturated carbocycles. The molecule has 0 amide bonds. The highest BCUT2D eigenvalue weighted by Gasteiger charge is 2.36. The Hall–Kier alpha value is -0.670. The van der Waals surface area contributed by atoms with Gasteiger partial charge in [0.2, 0.25) is 6.29 Å². The lowest BCUT2D eigenvalue weighted by Gasteiger charge is -2.19. The van der Waals surface area contributed by atoms with Crippen molar-refractivity contribution in [3.8, 4) is 0 Å². The van der Waals surface area contributed by atoms with Gasteiger partial charge in [0, 0.05) is 0 Å². The normalized spacial score (nSPS) is 37.0. The fourth-order valence-corrected chi connectivity index (χ4v) is 1.03. The molecule has 3 nitrogen and oxygen atoms in total. The molecule has 0 aromatic carbocycles. The molecule has 0 aromatic heterocycles. The summed E-state index contributed by atoms with van der Waals surface area (Å²) < 4.78 is 10.3. The van der Waals surface area contributed by atoms with Gasteiger partial charge in [-0.1, -0.05) is 13.0 Å². The first-order valence-corrected chi connectivity index (χ1v) is 3.64. The fraction of sp³-hybridized carbons (Fsp3) is 0.625. The van der Waals surface area contributed by atoms with E-state index in [4.69, 9.17) is 9.47 Å². The molecule has 0 bridgehead atoms. The monoisotopic (exact) mass is 156 g/mol. The van der Waals surface area contributed by atoms with Gasteiger partial charge in [0.05, 0.1) is 6.61 Å².